The summed E-state index contributed by atoms with van der Waals surface area (Å²) >= 11 is 6.00. The summed E-state index contributed by atoms with van der Waals surface area (Å²) in [6.45, 7) is 2.74. The van der Waals surface area contributed by atoms with E-state index < -0.39 is 17.8 Å². The Kier molecular flexibility index (Phi) is 6.55. The summed E-state index contributed by atoms with van der Waals surface area (Å²) in [5.74, 6) is -0.795. The Bertz CT molecular complexity index is 1210. The first kappa shape index (κ1) is 22.3. The van der Waals surface area contributed by atoms with Crippen molar-refractivity contribution in [2.24, 2.45) is 0 Å². The molecule has 1 saturated heterocycles. The van der Waals surface area contributed by atoms with Gasteiger partial charge in [0.05, 0.1) is 18.0 Å². The average Bonchev–Trinajstić information content (AvgIpc) is 3.21. The second-order valence-electron chi connectivity index (χ2n) is 7.38. The van der Waals surface area contributed by atoms with Crippen LogP contribution in [-0.2, 0) is 9.59 Å². The number of carbonyl (C=O) groups excluding carboxylic acids is 3. The van der Waals surface area contributed by atoms with Gasteiger partial charge in [0.25, 0.3) is 11.8 Å². The summed E-state index contributed by atoms with van der Waals surface area (Å²) in [5.41, 5.74) is 2.41. The molecule has 4 amide bonds. The highest BCUT2D eigenvalue weighted by molar-refractivity contribution is 6.31. The van der Waals surface area contributed by atoms with E-state index in [0.29, 0.717) is 22.9 Å². The van der Waals surface area contributed by atoms with Gasteiger partial charge >= 0.3 is 6.03 Å². The largest absolute Gasteiger partial charge is 0.494 e. The Morgan fingerprint density at radius 3 is 2.30 bits per heavy atom. The van der Waals surface area contributed by atoms with Crippen molar-refractivity contribution in [3.63, 3.8) is 0 Å². The molecule has 2 aromatic carbocycles. The van der Waals surface area contributed by atoms with Gasteiger partial charge in [0.15, 0.2) is 0 Å². The molecule has 1 aliphatic rings. The molecular formula is C24H21ClN4O4. The van der Waals surface area contributed by atoms with E-state index in [4.69, 9.17) is 16.3 Å². The van der Waals surface area contributed by atoms with Crippen molar-refractivity contribution >= 4 is 35.5 Å². The van der Waals surface area contributed by atoms with Crippen LogP contribution in [0, 0.1) is 0 Å². The zero-order chi connectivity index (χ0) is 23.4. The third kappa shape index (κ3) is 5.12. The molecule has 2 N–H and O–H groups in total. The fraction of sp³-hybridized carbons (Fsp3) is 0.167. The highest BCUT2D eigenvalue weighted by atomic mass is 35.5. The number of nitrogens with zero attached hydrogens (tertiary/aromatic N) is 2. The summed E-state index contributed by atoms with van der Waals surface area (Å²) in [5, 5.41) is 9.42. The number of benzene rings is 2. The number of hydrogen-bond donors (Lipinski definition) is 2. The summed E-state index contributed by atoms with van der Waals surface area (Å²) < 4.78 is 7.36. The Balaban J connectivity index is 1.74. The van der Waals surface area contributed by atoms with E-state index in [9.17, 15) is 14.4 Å². The number of aromatic nitrogens is 2. The molecular weight excluding hydrogens is 444 g/mol. The van der Waals surface area contributed by atoms with E-state index >= 15 is 0 Å². The van der Waals surface area contributed by atoms with Crippen LogP contribution < -0.4 is 15.4 Å². The van der Waals surface area contributed by atoms with E-state index in [1.165, 1.54) is 6.08 Å². The highest BCUT2D eigenvalue weighted by Crippen LogP contribution is 2.28. The highest BCUT2D eigenvalue weighted by Gasteiger charge is 2.28. The maximum absolute atomic E-state index is 12.2. The lowest BCUT2D eigenvalue weighted by molar-refractivity contribution is -0.123. The van der Waals surface area contributed by atoms with Crippen LogP contribution in [0.3, 0.4) is 0 Å². The van der Waals surface area contributed by atoms with Crippen molar-refractivity contribution in [3.05, 3.63) is 70.9 Å². The lowest BCUT2D eigenvalue weighted by Gasteiger charge is -2.13. The molecule has 4 rings (SSSR count). The number of urea groups is 1. The molecule has 0 spiro atoms. The molecule has 1 fully saturated rings. The summed E-state index contributed by atoms with van der Waals surface area (Å²) in [6.07, 6.45) is 5.13. The van der Waals surface area contributed by atoms with Gasteiger partial charge in [-0.2, -0.15) is 5.10 Å². The molecule has 0 saturated carbocycles. The smallest absolute Gasteiger partial charge is 0.328 e. The minimum Gasteiger partial charge on any atom is -0.494 e. The van der Waals surface area contributed by atoms with Crippen LogP contribution in [0.4, 0.5) is 4.79 Å². The Morgan fingerprint density at radius 2 is 1.67 bits per heavy atom. The van der Waals surface area contributed by atoms with Gasteiger partial charge in [-0.05, 0) is 61.0 Å². The van der Waals surface area contributed by atoms with Crippen molar-refractivity contribution in [1.29, 1.82) is 0 Å². The predicted molar refractivity (Wildman–Crippen MR) is 124 cm³/mol. The molecule has 33 heavy (non-hydrogen) atoms. The van der Waals surface area contributed by atoms with Crippen LogP contribution in [0.25, 0.3) is 23.0 Å². The van der Waals surface area contributed by atoms with Crippen molar-refractivity contribution in [2.45, 2.75) is 19.8 Å². The van der Waals surface area contributed by atoms with Crippen molar-refractivity contribution in [3.8, 4) is 22.7 Å². The van der Waals surface area contributed by atoms with Crippen molar-refractivity contribution < 1.29 is 19.1 Å². The standard InChI is InChI=1S/C24H21ClN4O4/c1-2-3-12-33-19-10-4-15(5-11-19)21-16(13-20-22(30)26-24(32)27-23(20)31)14-29(28-21)18-8-6-17(25)7-9-18/h4-11,13-14H,2-3,12H2,1H3,(H2,26,27,30,31,32). The third-order valence-corrected chi connectivity index (χ3v) is 5.22. The number of hydrogen-bond acceptors (Lipinski definition) is 5. The number of amides is 4. The van der Waals surface area contributed by atoms with Crippen LogP contribution >= 0.6 is 11.6 Å². The number of halogens is 1. The zero-order valence-electron chi connectivity index (χ0n) is 17.8. The van der Waals surface area contributed by atoms with E-state index in [1.807, 2.05) is 24.3 Å². The summed E-state index contributed by atoms with van der Waals surface area (Å²) in [6, 6.07) is 13.7. The molecule has 2 heterocycles. The van der Waals surface area contributed by atoms with E-state index in [2.05, 4.69) is 22.7 Å². The number of rotatable bonds is 7. The fourth-order valence-electron chi connectivity index (χ4n) is 3.25. The van der Waals surface area contributed by atoms with Gasteiger partial charge in [-0.25, -0.2) is 9.48 Å². The summed E-state index contributed by atoms with van der Waals surface area (Å²) in [4.78, 5) is 35.8. The molecule has 8 nitrogen and oxygen atoms in total. The maximum Gasteiger partial charge on any atom is 0.328 e. The quantitative estimate of drug-likeness (QED) is 0.311. The molecule has 1 aliphatic heterocycles. The molecule has 9 heteroatoms. The monoisotopic (exact) mass is 464 g/mol. The van der Waals surface area contributed by atoms with Crippen LogP contribution in [0.1, 0.15) is 25.3 Å². The van der Waals surface area contributed by atoms with Crippen molar-refractivity contribution in [2.75, 3.05) is 6.61 Å². The lowest BCUT2D eigenvalue weighted by Crippen LogP contribution is -2.51. The SMILES string of the molecule is CCCCOc1ccc(-c2nn(-c3ccc(Cl)cc3)cc2C=C2C(=O)NC(=O)NC2=O)cc1. The van der Waals surface area contributed by atoms with Crippen molar-refractivity contribution in [1.82, 2.24) is 20.4 Å². The van der Waals surface area contributed by atoms with E-state index in [0.717, 1.165) is 29.8 Å². The zero-order valence-corrected chi connectivity index (χ0v) is 18.6. The number of ether oxygens (including phenoxy) is 1. The van der Waals surface area contributed by atoms with Crippen LogP contribution in [0.5, 0.6) is 5.75 Å². The third-order valence-electron chi connectivity index (χ3n) is 4.97. The topological polar surface area (TPSA) is 102 Å². The van der Waals surface area contributed by atoms with Gasteiger partial charge in [-0.3, -0.25) is 20.2 Å². The second-order valence-corrected chi connectivity index (χ2v) is 7.81. The Hall–Kier alpha value is -3.91. The molecule has 0 aliphatic carbocycles. The molecule has 0 bridgehead atoms. The minimum atomic E-state index is -0.849. The first-order chi connectivity index (χ1) is 15.9. The first-order valence-corrected chi connectivity index (χ1v) is 10.8. The Morgan fingerprint density at radius 1 is 1.00 bits per heavy atom. The van der Waals surface area contributed by atoms with Gasteiger partial charge in [-0.15, -0.1) is 0 Å². The number of nitrogens with one attached hydrogen (secondary N) is 2. The number of imide groups is 2. The number of unbranched alkanes of at least 4 members (excludes halogenated alkanes) is 1. The van der Waals surface area contributed by atoms with Crippen LogP contribution in [0.2, 0.25) is 5.02 Å². The maximum atomic E-state index is 12.2. The van der Waals surface area contributed by atoms with Gasteiger partial charge < -0.3 is 4.74 Å². The van der Waals surface area contributed by atoms with Crippen LogP contribution in [-0.4, -0.2) is 34.2 Å². The fourth-order valence-corrected chi connectivity index (χ4v) is 3.37. The van der Waals surface area contributed by atoms with Gasteiger partial charge in [0.2, 0.25) is 0 Å². The van der Waals surface area contributed by atoms with Gasteiger partial charge in [-0.1, -0.05) is 24.9 Å². The molecule has 0 unspecified atom stereocenters. The van der Waals surface area contributed by atoms with E-state index in [1.54, 1.807) is 35.1 Å². The Labute approximate surface area is 195 Å². The van der Waals surface area contributed by atoms with E-state index in [-0.39, 0.29) is 5.57 Å². The lowest BCUT2D eigenvalue weighted by atomic mass is 10.0. The summed E-state index contributed by atoms with van der Waals surface area (Å²) in [7, 11) is 0. The molecule has 0 atom stereocenters. The number of carbonyl (C=O) groups is 3. The normalized spacial score (nSPS) is 13.5. The van der Waals surface area contributed by atoms with Gasteiger partial charge in [0.1, 0.15) is 11.3 Å². The second kappa shape index (κ2) is 9.70. The average molecular weight is 465 g/mol. The first-order valence-electron chi connectivity index (χ1n) is 10.4. The minimum absolute atomic E-state index is 0.189. The van der Waals surface area contributed by atoms with Gasteiger partial charge in [0, 0.05) is 22.3 Å². The molecule has 3 aromatic rings. The van der Waals surface area contributed by atoms with Crippen LogP contribution in [0.15, 0.2) is 60.3 Å². The number of barbiturate groups is 1. The predicted octanol–water partition coefficient (Wildman–Crippen LogP) is 4.12. The molecule has 0 radical (unpaired) electrons. The molecule has 1 aromatic heterocycles. The molecule has 168 valence electrons.